The summed E-state index contributed by atoms with van der Waals surface area (Å²) in [4.78, 5) is 21.1. The van der Waals surface area contributed by atoms with Gasteiger partial charge in [-0.25, -0.2) is 15.0 Å². The summed E-state index contributed by atoms with van der Waals surface area (Å²) in [6.07, 6.45) is 7.60. The van der Waals surface area contributed by atoms with Gasteiger partial charge in [-0.15, -0.1) is 0 Å². The van der Waals surface area contributed by atoms with Gasteiger partial charge in [0.25, 0.3) is 0 Å². The van der Waals surface area contributed by atoms with E-state index >= 15 is 0 Å². The monoisotopic (exact) mass is 435 g/mol. The van der Waals surface area contributed by atoms with Crippen molar-refractivity contribution in [2.24, 2.45) is 4.99 Å². The van der Waals surface area contributed by atoms with Crippen LogP contribution in [-0.4, -0.2) is 71.0 Å². The van der Waals surface area contributed by atoms with Gasteiger partial charge in [0.1, 0.15) is 0 Å². The molecule has 172 valence electrons. The van der Waals surface area contributed by atoms with E-state index in [2.05, 4.69) is 68.1 Å². The highest BCUT2D eigenvalue weighted by Gasteiger charge is 2.22. The molecule has 1 aromatic carbocycles. The zero-order valence-electron chi connectivity index (χ0n) is 19.6. The molecule has 2 fully saturated rings. The molecule has 7 nitrogen and oxygen atoms in total. The van der Waals surface area contributed by atoms with Gasteiger partial charge >= 0.3 is 0 Å². The number of rotatable bonds is 6. The fourth-order valence-corrected chi connectivity index (χ4v) is 4.64. The Morgan fingerprint density at radius 3 is 2.47 bits per heavy atom. The van der Waals surface area contributed by atoms with E-state index < -0.39 is 0 Å². The lowest BCUT2D eigenvalue weighted by Crippen LogP contribution is -2.53. The number of anilines is 1. The van der Waals surface area contributed by atoms with Crippen LogP contribution in [0.4, 0.5) is 5.95 Å². The molecule has 32 heavy (non-hydrogen) atoms. The highest BCUT2D eigenvalue weighted by molar-refractivity contribution is 5.80. The smallest absolute Gasteiger partial charge is 0.225 e. The highest BCUT2D eigenvalue weighted by Crippen LogP contribution is 2.21. The molecule has 0 bridgehead atoms. The maximum absolute atomic E-state index is 5.04. The summed E-state index contributed by atoms with van der Waals surface area (Å²) in [5, 5.41) is 3.50. The Labute approximate surface area is 192 Å². The Bertz CT molecular complexity index is 862. The van der Waals surface area contributed by atoms with Gasteiger partial charge in [0.05, 0.1) is 6.54 Å². The molecule has 2 saturated heterocycles. The van der Waals surface area contributed by atoms with Crippen molar-refractivity contribution in [3.05, 3.63) is 53.9 Å². The summed E-state index contributed by atoms with van der Waals surface area (Å²) in [6.45, 7) is 11.9. The molecule has 0 aliphatic carbocycles. The summed E-state index contributed by atoms with van der Waals surface area (Å²) in [7, 11) is 0. The lowest BCUT2D eigenvalue weighted by molar-refractivity contribution is 0.152. The summed E-state index contributed by atoms with van der Waals surface area (Å²) < 4.78 is 0. The van der Waals surface area contributed by atoms with Gasteiger partial charge in [-0.1, -0.05) is 30.7 Å². The van der Waals surface area contributed by atoms with Gasteiger partial charge in [0, 0.05) is 57.7 Å². The molecule has 1 unspecified atom stereocenters. The Morgan fingerprint density at radius 1 is 1.00 bits per heavy atom. The second kappa shape index (κ2) is 11.3. The largest absolute Gasteiger partial charge is 0.357 e. The van der Waals surface area contributed by atoms with E-state index in [-0.39, 0.29) is 0 Å². The lowest BCUT2D eigenvalue weighted by atomic mass is 10.0. The minimum Gasteiger partial charge on any atom is -0.357 e. The fourth-order valence-electron chi connectivity index (χ4n) is 4.64. The van der Waals surface area contributed by atoms with Crippen molar-refractivity contribution in [3.63, 3.8) is 0 Å². The summed E-state index contributed by atoms with van der Waals surface area (Å²) in [5.74, 6) is 1.82. The van der Waals surface area contributed by atoms with E-state index in [1.807, 2.05) is 18.5 Å². The predicted octanol–water partition coefficient (Wildman–Crippen LogP) is 3.14. The maximum Gasteiger partial charge on any atom is 0.225 e. The minimum atomic E-state index is 0.669. The molecule has 1 atom stereocenters. The van der Waals surface area contributed by atoms with Crippen molar-refractivity contribution in [1.82, 2.24) is 25.1 Å². The first-order valence-corrected chi connectivity index (χ1v) is 12.1. The third-order valence-corrected chi connectivity index (χ3v) is 6.58. The lowest BCUT2D eigenvalue weighted by Gasteiger charge is -2.36. The SMILES string of the molecule is CCNC(=NCc1ccccc1CN1CCCCC1C)N1CCN(c2ncccn2)CC1. The number of nitrogens with one attached hydrogen (secondary N) is 1. The van der Waals surface area contributed by atoms with E-state index in [4.69, 9.17) is 4.99 Å². The van der Waals surface area contributed by atoms with Crippen LogP contribution < -0.4 is 10.2 Å². The van der Waals surface area contributed by atoms with E-state index in [1.54, 1.807) is 0 Å². The molecule has 2 aromatic rings. The van der Waals surface area contributed by atoms with Crippen LogP contribution in [0.15, 0.2) is 47.7 Å². The van der Waals surface area contributed by atoms with Crippen molar-refractivity contribution >= 4 is 11.9 Å². The van der Waals surface area contributed by atoms with Gasteiger partial charge in [0.15, 0.2) is 5.96 Å². The molecule has 0 radical (unpaired) electrons. The van der Waals surface area contributed by atoms with Crippen LogP contribution in [0.3, 0.4) is 0 Å². The van der Waals surface area contributed by atoms with E-state index in [0.717, 1.165) is 51.2 Å². The predicted molar refractivity (Wildman–Crippen MR) is 131 cm³/mol. The van der Waals surface area contributed by atoms with Crippen LogP contribution in [-0.2, 0) is 13.1 Å². The number of aliphatic imine (C=N–C) groups is 1. The van der Waals surface area contributed by atoms with E-state index in [1.165, 1.54) is 36.9 Å². The Balaban J connectivity index is 1.40. The summed E-state index contributed by atoms with van der Waals surface area (Å²) in [5.41, 5.74) is 2.74. The van der Waals surface area contributed by atoms with Crippen LogP contribution in [0.2, 0.25) is 0 Å². The third-order valence-electron chi connectivity index (χ3n) is 6.58. The Kier molecular flexibility index (Phi) is 7.93. The van der Waals surface area contributed by atoms with Gasteiger partial charge in [-0.2, -0.15) is 0 Å². The van der Waals surface area contributed by atoms with Crippen molar-refractivity contribution < 1.29 is 0 Å². The number of hydrogen-bond donors (Lipinski definition) is 1. The average molecular weight is 436 g/mol. The number of likely N-dealkylation sites (tertiary alicyclic amines) is 1. The molecule has 0 spiro atoms. The topological polar surface area (TPSA) is 59.9 Å². The van der Waals surface area contributed by atoms with Gasteiger partial charge in [-0.05, 0) is 50.4 Å². The summed E-state index contributed by atoms with van der Waals surface area (Å²) >= 11 is 0. The van der Waals surface area contributed by atoms with Crippen LogP contribution in [0.25, 0.3) is 0 Å². The van der Waals surface area contributed by atoms with Crippen LogP contribution >= 0.6 is 0 Å². The second-order valence-corrected chi connectivity index (χ2v) is 8.78. The number of nitrogens with zero attached hydrogens (tertiary/aromatic N) is 6. The molecule has 3 heterocycles. The van der Waals surface area contributed by atoms with Crippen molar-refractivity contribution in [3.8, 4) is 0 Å². The Hall–Kier alpha value is -2.67. The quantitative estimate of drug-likeness (QED) is 0.556. The van der Waals surface area contributed by atoms with Crippen molar-refractivity contribution in [2.45, 2.75) is 52.2 Å². The first-order valence-electron chi connectivity index (χ1n) is 12.1. The molecule has 7 heteroatoms. The third kappa shape index (κ3) is 5.76. The van der Waals surface area contributed by atoms with Crippen LogP contribution in [0, 0.1) is 0 Å². The molecule has 1 N–H and O–H groups in total. The standard InChI is InChI=1S/C25H37N7/c1-3-26-24(30-15-17-31(18-16-30)25-27-12-8-13-28-25)29-19-22-10-4-5-11-23(22)20-32-14-7-6-9-21(32)2/h4-5,8,10-13,21H,3,6-7,9,14-20H2,1-2H3,(H,26,29). The number of piperazine rings is 1. The number of piperidine rings is 1. The molecular weight excluding hydrogens is 398 g/mol. The number of benzene rings is 1. The van der Waals surface area contributed by atoms with Crippen molar-refractivity contribution in [2.75, 3.05) is 44.2 Å². The van der Waals surface area contributed by atoms with Crippen LogP contribution in [0.5, 0.6) is 0 Å². The maximum atomic E-state index is 5.04. The molecule has 0 amide bonds. The molecule has 0 saturated carbocycles. The highest BCUT2D eigenvalue weighted by atomic mass is 15.4. The van der Waals surface area contributed by atoms with Gasteiger partial charge in [0.2, 0.25) is 5.95 Å². The number of hydrogen-bond acceptors (Lipinski definition) is 5. The molecule has 2 aliphatic heterocycles. The average Bonchev–Trinajstić information content (AvgIpc) is 2.85. The Morgan fingerprint density at radius 2 is 1.75 bits per heavy atom. The summed E-state index contributed by atoms with van der Waals surface area (Å²) in [6, 6.07) is 11.3. The van der Waals surface area contributed by atoms with Crippen LogP contribution in [0.1, 0.15) is 44.2 Å². The number of aromatic nitrogens is 2. The molecule has 4 rings (SSSR count). The van der Waals surface area contributed by atoms with E-state index in [9.17, 15) is 0 Å². The number of guanidine groups is 1. The fraction of sp³-hybridized carbons (Fsp3) is 0.560. The zero-order chi connectivity index (χ0) is 22.2. The van der Waals surface area contributed by atoms with Gasteiger partial charge < -0.3 is 15.1 Å². The second-order valence-electron chi connectivity index (χ2n) is 8.78. The zero-order valence-corrected chi connectivity index (χ0v) is 19.6. The molecular formula is C25H37N7. The molecule has 1 aromatic heterocycles. The normalized spacial score (nSPS) is 20.4. The van der Waals surface area contributed by atoms with E-state index in [0.29, 0.717) is 12.6 Å². The molecule has 2 aliphatic rings. The van der Waals surface area contributed by atoms with Crippen molar-refractivity contribution in [1.29, 1.82) is 0 Å². The first kappa shape index (κ1) is 22.5. The first-order chi connectivity index (χ1) is 15.7. The minimum absolute atomic E-state index is 0.669. The van der Waals surface area contributed by atoms with Gasteiger partial charge in [-0.3, -0.25) is 4.90 Å².